The molecule has 169 valence electrons. The summed E-state index contributed by atoms with van der Waals surface area (Å²) in [6.45, 7) is 13.5. The zero-order valence-corrected chi connectivity index (χ0v) is 19.6. The second-order valence-electron chi connectivity index (χ2n) is 9.63. The number of likely N-dealkylation sites (tertiary alicyclic amines) is 1. The first-order valence-electron chi connectivity index (χ1n) is 11.7. The van der Waals surface area contributed by atoms with Gasteiger partial charge in [0.1, 0.15) is 30.2 Å². The number of rotatable bonds is 5. The number of nitrogens with zero attached hydrogens (tertiary/aromatic N) is 6. The van der Waals surface area contributed by atoms with Crippen LogP contribution < -0.4 is 4.74 Å². The maximum atomic E-state index is 6.18. The summed E-state index contributed by atoms with van der Waals surface area (Å²) < 4.78 is 10.3. The smallest absolute Gasteiger partial charge is 0.178 e. The van der Waals surface area contributed by atoms with E-state index in [9.17, 15) is 0 Å². The number of benzene rings is 1. The lowest BCUT2D eigenvalue weighted by Gasteiger charge is -2.33. The van der Waals surface area contributed by atoms with Crippen LogP contribution in [0, 0.1) is 5.92 Å². The lowest BCUT2D eigenvalue weighted by Crippen LogP contribution is -2.35. The molecule has 0 saturated carbocycles. The van der Waals surface area contributed by atoms with Crippen LogP contribution in [0.3, 0.4) is 0 Å². The lowest BCUT2D eigenvalue weighted by molar-refractivity contribution is 0.219. The van der Waals surface area contributed by atoms with Gasteiger partial charge in [0, 0.05) is 18.8 Å². The number of aromatic nitrogens is 5. The summed E-state index contributed by atoms with van der Waals surface area (Å²) in [5, 5.41) is 4.37. The molecule has 1 fully saturated rings. The van der Waals surface area contributed by atoms with E-state index in [0.717, 1.165) is 54.8 Å². The van der Waals surface area contributed by atoms with Crippen LogP contribution in [0.15, 0.2) is 30.7 Å². The van der Waals surface area contributed by atoms with Crippen LogP contribution in [0.4, 0.5) is 0 Å². The fourth-order valence-electron chi connectivity index (χ4n) is 4.94. The van der Waals surface area contributed by atoms with Crippen LogP contribution in [0.1, 0.15) is 58.1 Å². The van der Waals surface area contributed by atoms with E-state index in [-0.39, 0.29) is 6.04 Å². The molecule has 0 bridgehead atoms. The Bertz CT molecular complexity index is 1070. The van der Waals surface area contributed by atoms with Gasteiger partial charge in [-0.05, 0) is 69.3 Å². The van der Waals surface area contributed by atoms with E-state index in [1.807, 2.05) is 4.68 Å². The highest BCUT2D eigenvalue weighted by Gasteiger charge is 2.25. The maximum absolute atomic E-state index is 6.18. The van der Waals surface area contributed by atoms with Crippen molar-refractivity contribution >= 4 is 0 Å². The van der Waals surface area contributed by atoms with Gasteiger partial charge in [-0.25, -0.2) is 14.6 Å². The van der Waals surface area contributed by atoms with Gasteiger partial charge < -0.3 is 14.2 Å². The first-order chi connectivity index (χ1) is 15.5. The highest BCUT2D eigenvalue weighted by Crippen LogP contribution is 2.38. The first-order valence-corrected chi connectivity index (χ1v) is 11.7. The monoisotopic (exact) mass is 433 g/mol. The molecule has 0 N–H and O–H groups in total. The predicted molar refractivity (Wildman–Crippen MR) is 126 cm³/mol. The van der Waals surface area contributed by atoms with Gasteiger partial charge in [0.25, 0.3) is 0 Å². The molecule has 7 heteroatoms. The number of hydrogen-bond donors (Lipinski definition) is 0. The second kappa shape index (κ2) is 8.70. The molecule has 0 atom stereocenters. The van der Waals surface area contributed by atoms with Crippen LogP contribution in [0.25, 0.3) is 22.9 Å². The molecule has 0 spiro atoms. The molecule has 5 rings (SSSR count). The van der Waals surface area contributed by atoms with Crippen LogP contribution in [-0.2, 0) is 6.54 Å². The first kappa shape index (κ1) is 21.2. The van der Waals surface area contributed by atoms with Crippen molar-refractivity contribution in [3.05, 3.63) is 42.2 Å². The average molecular weight is 434 g/mol. The number of hydrogen-bond acceptors (Lipinski definition) is 5. The Hall–Kier alpha value is -2.67. The molecule has 32 heavy (non-hydrogen) atoms. The van der Waals surface area contributed by atoms with Crippen molar-refractivity contribution in [3.8, 4) is 28.7 Å². The van der Waals surface area contributed by atoms with Crippen molar-refractivity contribution in [1.82, 2.24) is 29.2 Å². The summed E-state index contributed by atoms with van der Waals surface area (Å²) in [7, 11) is 0. The molecular weight excluding hydrogens is 400 g/mol. The summed E-state index contributed by atoms with van der Waals surface area (Å²) in [6.07, 6.45) is 6.09. The van der Waals surface area contributed by atoms with Gasteiger partial charge >= 0.3 is 0 Å². The maximum Gasteiger partial charge on any atom is 0.178 e. The highest BCUT2D eigenvalue weighted by molar-refractivity contribution is 5.69. The molecule has 2 aromatic heterocycles. The van der Waals surface area contributed by atoms with Gasteiger partial charge in [-0.2, -0.15) is 5.10 Å². The van der Waals surface area contributed by atoms with Crippen LogP contribution in [0.2, 0.25) is 0 Å². The molecule has 1 saturated heterocycles. The van der Waals surface area contributed by atoms with Gasteiger partial charge in [-0.3, -0.25) is 0 Å². The van der Waals surface area contributed by atoms with Crippen molar-refractivity contribution in [1.29, 1.82) is 0 Å². The molecule has 7 nitrogen and oxygen atoms in total. The second-order valence-corrected chi connectivity index (χ2v) is 9.63. The van der Waals surface area contributed by atoms with Gasteiger partial charge in [-0.15, -0.1) is 0 Å². The topological polar surface area (TPSA) is 61.0 Å². The molecule has 4 heterocycles. The van der Waals surface area contributed by atoms with Gasteiger partial charge in [0.2, 0.25) is 0 Å². The molecule has 0 amide bonds. The number of piperidine rings is 1. The third kappa shape index (κ3) is 4.06. The fourth-order valence-corrected chi connectivity index (χ4v) is 4.94. The van der Waals surface area contributed by atoms with E-state index in [2.05, 4.69) is 71.6 Å². The van der Waals surface area contributed by atoms with E-state index in [1.54, 1.807) is 6.33 Å². The normalized spacial score (nSPS) is 17.3. The average Bonchev–Trinajstić information content (AvgIpc) is 3.38. The Morgan fingerprint density at radius 2 is 1.94 bits per heavy atom. The third-order valence-corrected chi connectivity index (χ3v) is 6.50. The van der Waals surface area contributed by atoms with Crippen LogP contribution in [-0.4, -0.2) is 55.5 Å². The summed E-state index contributed by atoms with van der Waals surface area (Å²) >= 11 is 0. The molecular formula is C25H33N6O. The molecule has 1 aromatic carbocycles. The standard InChI is InChI=1S/C25H33N6O/c1-17(2)14-29-9-7-19(8-10-29)20-5-6-21-23(13-20)32-12-11-30-15-22(28-24(21)30)25-26-16-27-31(25)18(3)4/h5-6,13,15-16,18-19H,7-12,14H2,1-4H3. The largest absolute Gasteiger partial charge is 0.491 e. The van der Waals surface area contributed by atoms with Crippen LogP contribution in [0.5, 0.6) is 5.75 Å². The van der Waals surface area contributed by atoms with E-state index in [4.69, 9.17) is 9.72 Å². The van der Waals surface area contributed by atoms with Crippen molar-refractivity contribution in [2.75, 3.05) is 26.2 Å². The number of imidazole rings is 1. The summed E-state index contributed by atoms with van der Waals surface area (Å²) in [5.74, 6) is 4.79. The fraction of sp³-hybridized carbons (Fsp3) is 0.520. The molecule has 0 unspecified atom stereocenters. The Kier molecular flexibility index (Phi) is 5.76. The van der Waals surface area contributed by atoms with Crippen molar-refractivity contribution in [2.24, 2.45) is 0 Å². The minimum atomic E-state index is 0.234. The van der Waals surface area contributed by atoms with Gasteiger partial charge in [0.05, 0.1) is 12.1 Å². The van der Waals surface area contributed by atoms with E-state index in [1.165, 1.54) is 24.3 Å². The zero-order chi connectivity index (χ0) is 22.2. The zero-order valence-electron chi connectivity index (χ0n) is 19.6. The number of fused-ring (bicyclic) bond motifs is 3. The molecule has 2 aliphatic heterocycles. The Morgan fingerprint density at radius 1 is 1.12 bits per heavy atom. The molecule has 1 radical (unpaired) electrons. The summed E-state index contributed by atoms with van der Waals surface area (Å²) in [4.78, 5) is 12.0. The van der Waals surface area contributed by atoms with Crippen molar-refractivity contribution in [3.63, 3.8) is 0 Å². The summed E-state index contributed by atoms with van der Waals surface area (Å²) in [6, 6.07) is 6.97. The Balaban J connectivity index is 1.41. The van der Waals surface area contributed by atoms with Crippen molar-refractivity contribution in [2.45, 2.75) is 59.0 Å². The Labute approximate surface area is 190 Å². The molecule has 3 aromatic rings. The van der Waals surface area contributed by atoms with E-state index >= 15 is 0 Å². The molecule has 2 aliphatic rings. The van der Waals surface area contributed by atoms with Gasteiger partial charge in [0.15, 0.2) is 5.82 Å². The quantitative estimate of drug-likeness (QED) is 0.590. The van der Waals surface area contributed by atoms with Crippen LogP contribution >= 0.6 is 0 Å². The lowest BCUT2D eigenvalue weighted by atomic mass is 9.88. The van der Waals surface area contributed by atoms with E-state index in [0.29, 0.717) is 12.5 Å². The Morgan fingerprint density at radius 3 is 2.69 bits per heavy atom. The van der Waals surface area contributed by atoms with E-state index < -0.39 is 0 Å². The highest BCUT2D eigenvalue weighted by atomic mass is 16.5. The minimum absolute atomic E-state index is 0.234. The molecule has 0 aliphatic carbocycles. The predicted octanol–water partition coefficient (Wildman–Crippen LogP) is 4.58. The van der Waals surface area contributed by atoms with Gasteiger partial charge in [-0.1, -0.05) is 19.9 Å². The SMILES string of the molecule is C[C](C)CN1CCC(c2ccc3c(c2)OCCn2cc(-c4ncnn4C(C)C)nc2-3)CC1. The summed E-state index contributed by atoms with van der Waals surface area (Å²) in [5.41, 5.74) is 3.31. The third-order valence-electron chi connectivity index (χ3n) is 6.50. The number of ether oxygens (including phenoxy) is 1. The minimum Gasteiger partial charge on any atom is -0.491 e. The van der Waals surface area contributed by atoms with Crippen molar-refractivity contribution < 1.29 is 4.74 Å².